The van der Waals surface area contributed by atoms with Crippen LogP contribution in [-0.4, -0.2) is 47.7 Å². The van der Waals surface area contributed by atoms with Gasteiger partial charge in [-0.05, 0) is 32.9 Å². The normalized spacial score (nSPS) is 13.8. The maximum absolute atomic E-state index is 12.3. The van der Waals surface area contributed by atoms with Gasteiger partial charge in [0.15, 0.2) is 0 Å². The van der Waals surface area contributed by atoms with Gasteiger partial charge >= 0.3 is 5.97 Å². The molecule has 0 aliphatic carbocycles. The van der Waals surface area contributed by atoms with Crippen LogP contribution in [0.15, 0.2) is 29.2 Å². The predicted octanol–water partition coefficient (Wildman–Crippen LogP) is 1.23. The summed E-state index contributed by atoms with van der Waals surface area (Å²) >= 11 is 1.20. The van der Waals surface area contributed by atoms with Crippen LogP contribution in [0.25, 0.3) is 0 Å². The number of carbonyl (C=O) groups is 1. The van der Waals surface area contributed by atoms with E-state index >= 15 is 0 Å². The quantitative estimate of drug-likeness (QED) is 0.653. The summed E-state index contributed by atoms with van der Waals surface area (Å²) in [6.07, 6.45) is 0. The number of carboxylic acid groups (broad SMARTS) is 1. The maximum Gasteiger partial charge on any atom is 0.323 e. The first-order valence-electron chi connectivity index (χ1n) is 6.67. The minimum Gasteiger partial charge on any atom is -0.480 e. The lowest BCUT2D eigenvalue weighted by molar-refractivity contribution is -0.139. The largest absolute Gasteiger partial charge is 0.480 e. The van der Waals surface area contributed by atoms with Crippen molar-refractivity contribution in [2.45, 2.75) is 36.5 Å². The monoisotopic (exact) mass is 347 g/mol. The summed E-state index contributed by atoms with van der Waals surface area (Å²) in [6.45, 7) is 4.98. The average molecular weight is 347 g/mol. The Hall–Kier alpha value is -1.09. The van der Waals surface area contributed by atoms with Gasteiger partial charge in [-0.1, -0.05) is 17.7 Å². The Bertz CT molecular complexity index is 611. The molecule has 0 saturated heterocycles. The molecule has 0 radical (unpaired) electrons. The molecular weight excluding hydrogens is 326 g/mol. The number of aliphatic hydroxyl groups excluding tert-OH is 1. The van der Waals surface area contributed by atoms with Crippen molar-refractivity contribution in [3.8, 4) is 0 Å². The molecule has 0 spiro atoms. The van der Waals surface area contributed by atoms with Gasteiger partial charge in [0.1, 0.15) is 6.04 Å². The van der Waals surface area contributed by atoms with Gasteiger partial charge < -0.3 is 10.2 Å². The lowest BCUT2D eigenvalue weighted by atomic mass is 10.1. The molecule has 0 amide bonds. The number of nitrogens with one attached hydrogen (secondary N) is 1. The zero-order valence-electron chi connectivity index (χ0n) is 12.7. The van der Waals surface area contributed by atoms with Crippen molar-refractivity contribution < 1.29 is 23.4 Å². The topological polar surface area (TPSA) is 104 Å². The highest BCUT2D eigenvalue weighted by atomic mass is 32.2. The molecule has 8 heteroatoms. The molecule has 0 bridgehead atoms. The molecule has 0 aliphatic heterocycles. The highest BCUT2D eigenvalue weighted by Gasteiger charge is 2.38. The molecular formula is C14H21NO5S2. The summed E-state index contributed by atoms with van der Waals surface area (Å²) in [6, 6.07) is 4.86. The van der Waals surface area contributed by atoms with E-state index in [1.807, 2.05) is 6.92 Å². The Kier molecular flexibility index (Phi) is 6.42. The second-order valence-corrected chi connectivity index (χ2v) is 8.84. The Morgan fingerprint density at radius 2 is 1.86 bits per heavy atom. The number of hydrogen-bond donors (Lipinski definition) is 3. The molecule has 0 heterocycles. The van der Waals surface area contributed by atoms with Crippen molar-refractivity contribution >= 4 is 27.8 Å². The third kappa shape index (κ3) is 4.98. The van der Waals surface area contributed by atoms with Gasteiger partial charge in [-0.2, -0.15) is 16.5 Å². The molecule has 1 rings (SSSR count). The van der Waals surface area contributed by atoms with Crippen molar-refractivity contribution in [3.05, 3.63) is 29.8 Å². The van der Waals surface area contributed by atoms with Crippen LogP contribution >= 0.6 is 11.8 Å². The van der Waals surface area contributed by atoms with E-state index in [9.17, 15) is 18.3 Å². The van der Waals surface area contributed by atoms with E-state index in [1.165, 1.54) is 23.9 Å². The summed E-state index contributed by atoms with van der Waals surface area (Å²) in [5.74, 6) is -0.936. The highest BCUT2D eigenvalue weighted by Crippen LogP contribution is 2.29. The van der Waals surface area contributed by atoms with Crippen LogP contribution in [-0.2, 0) is 14.8 Å². The fourth-order valence-corrected chi connectivity index (χ4v) is 4.18. The summed E-state index contributed by atoms with van der Waals surface area (Å²) in [5.41, 5.74) is 0.910. The Morgan fingerprint density at radius 3 is 2.32 bits per heavy atom. The standard InChI is InChI=1S/C14H21NO5S2/c1-10-4-6-11(7-5-10)22(19,20)15-12(13(17)18)14(2,3)21-9-8-16/h4-7,12,15-16H,8-9H2,1-3H3,(H,17,18)/t12-/m0/s1. The van der Waals surface area contributed by atoms with Crippen LogP contribution in [0.5, 0.6) is 0 Å². The number of benzene rings is 1. The third-order valence-corrected chi connectivity index (χ3v) is 5.92. The number of carboxylic acids is 1. The van der Waals surface area contributed by atoms with Crippen LogP contribution in [0.4, 0.5) is 0 Å². The van der Waals surface area contributed by atoms with Gasteiger partial charge in [-0.25, -0.2) is 8.42 Å². The molecule has 1 atom stereocenters. The minimum absolute atomic E-state index is 0.0207. The second-order valence-electron chi connectivity index (χ2n) is 5.38. The summed E-state index contributed by atoms with van der Waals surface area (Å²) in [7, 11) is -3.94. The maximum atomic E-state index is 12.3. The molecule has 1 aromatic carbocycles. The molecule has 0 aromatic heterocycles. The van der Waals surface area contributed by atoms with Crippen LogP contribution < -0.4 is 4.72 Å². The van der Waals surface area contributed by atoms with Crippen LogP contribution in [0.3, 0.4) is 0 Å². The van der Waals surface area contributed by atoms with Gasteiger partial charge in [0.05, 0.1) is 11.5 Å². The van der Waals surface area contributed by atoms with Crippen molar-refractivity contribution in [1.29, 1.82) is 0 Å². The SMILES string of the molecule is Cc1ccc(S(=O)(=O)N[C@@H](C(=O)O)C(C)(C)SCCO)cc1. The number of rotatable bonds is 8. The van der Waals surface area contributed by atoms with Crippen molar-refractivity contribution in [2.75, 3.05) is 12.4 Å². The fraction of sp³-hybridized carbons (Fsp3) is 0.500. The molecule has 124 valence electrons. The van der Waals surface area contributed by atoms with Crippen molar-refractivity contribution in [3.63, 3.8) is 0 Å². The number of aryl methyl sites for hydroxylation is 1. The zero-order valence-corrected chi connectivity index (χ0v) is 14.4. The first-order valence-corrected chi connectivity index (χ1v) is 9.13. The Morgan fingerprint density at radius 1 is 1.32 bits per heavy atom. The lowest BCUT2D eigenvalue weighted by Crippen LogP contribution is -2.52. The van der Waals surface area contributed by atoms with Crippen LogP contribution in [0.1, 0.15) is 19.4 Å². The van der Waals surface area contributed by atoms with Crippen molar-refractivity contribution in [1.82, 2.24) is 4.72 Å². The van der Waals surface area contributed by atoms with E-state index in [4.69, 9.17) is 5.11 Å². The number of hydrogen-bond acceptors (Lipinski definition) is 5. The van der Waals surface area contributed by atoms with Crippen LogP contribution in [0, 0.1) is 6.92 Å². The predicted molar refractivity (Wildman–Crippen MR) is 86.5 cm³/mol. The summed E-state index contributed by atoms with van der Waals surface area (Å²) < 4.78 is 26.0. The summed E-state index contributed by atoms with van der Waals surface area (Å²) in [4.78, 5) is 11.5. The highest BCUT2D eigenvalue weighted by molar-refractivity contribution is 8.00. The lowest BCUT2D eigenvalue weighted by Gasteiger charge is -2.31. The van der Waals surface area contributed by atoms with E-state index in [1.54, 1.807) is 26.0 Å². The van der Waals surface area contributed by atoms with E-state index in [0.29, 0.717) is 5.75 Å². The average Bonchev–Trinajstić information content (AvgIpc) is 2.43. The Labute approximate surface area is 135 Å². The molecule has 3 N–H and O–H groups in total. The molecule has 0 fully saturated rings. The van der Waals surface area contributed by atoms with Crippen molar-refractivity contribution in [2.24, 2.45) is 0 Å². The fourth-order valence-electron chi connectivity index (χ4n) is 1.82. The number of aliphatic carboxylic acids is 1. The van der Waals surface area contributed by atoms with E-state index in [-0.39, 0.29) is 11.5 Å². The molecule has 22 heavy (non-hydrogen) atoms. The van der Waals surface area contributed by atoms with E-state index in [0.717, 1.165) is 5.56 Å². The second kappa shape index (κ2) is 7.45. The van der Waals surface area contributed by atoms with Gasteiger partial charge in [0, 0.05) is 10.5 Å². The molecule has 0 saturated carbocycles. The van der Waals surface area contributed by atoms with Gasteiger partial charge in [-0.15, -0.1) is 0 Å². The van der Waals surface area contributed by atoms with E-state index < -0.39 is 26.8 Å². The smallest absolute Gasteiger partial charge is 0.323 e. The first kappa shape index (κ1) is 19.0. The van der Waals surface area contributed by atoms with Gasteiger partial charge in [0.25, 0.3) is 0 Å². The molecule has 0 unspecified atom stereocenters. The number of aliphatic hydroxyl groups is 1. The third-order valence-electron chi connectivity index (χ3n) is 3.11. The number of sulfonamides is 1. The Balaban J connectivity index is 3.04. The van der Waals surface area contributed by atoms with Gasteiger partial charge in [0.2, 0.25) is 10.0 Å². The van der Waals surface area contributed by atoms with Crippen LogP contribution in [0.2, 0.25) is 0 Å². The van der Waals surface area contributed by atoms with Gasteiger partial charge in [-0.3, -0.25) is 4.79 Å². The van der Waals surface area contributed by atoms with E-state index in [2.05, 4.69) is 4.72 Å². The molecule has 0 aliphatic rings. The number of thioether (sulfide) groups is 1. The molecule has 1 aromatic rings. The zero-order chi connectivity index (χ0) is 17.0. The first-order chi connectivity index (χ1) is 10.1. The molecule has 6 nitrogen and oxygen atoms in total. The minimum atomic E-state index is -3.94. The summed E-state index contributed by atoms with van der Waals surface area (Å²) in [5, 5.41) is 18.2.